The van der Waals surface area contributed by atoms with Gasteiger partial charge in [-0.1, -0.05) is 26.0 Å². The Morgan fingerprint density at radius 3 is 2.54 bits per heavy atom. The van der Waals surface area contributed by atoms with Gasteiger partial charge in [-0.25, -0.2) is 4.79 Å². The number of dihydropyridines is 1. The van der Waals surface area contributed by atoms with E-state index >= 15 is 0 Å². The van der Waals surface area contributed by atoms with E-state index < -0.39 is 23.8 Å². The van der Waals surface area contributed by atoms with Crippen LogP contribution in [0.5, 0.6) is 11.5 Å². The maximum absolute atomic E-state index is 13.8. The van der Waals surface area contributed by atoms with Gasteiger partial charge in [-0.2, -0.15) is 11.8 Å². The molecule has 0 unspecified atom stereocenters. The van der Waals surface area contributed by atoms with Crippen molar-refractivity contribution >= 4 is 29.5 Å². The minimum Gasteiger partial charge on any atom is -0.493 e. The zero-order valence-corrected chi connectivity index (χ0v) is 21.9. The van der Waals surface area contributed by atoms with Crippen molar-refractivity contribution in [2.45, 2.75) is 33.1 Å². The number of methoxy groups -OCH3 is 3. The van der Waals surface area contributed by atoms with E-state index in [-0.39, 0.29) is 18.3 Å². The first-order valence-corrected chi connectivity index (χ1v) is 12.7. The summed E-state index contributed by atoms with van der Waals surface area (Å²) >= 11 is 1.67. The molecule has 0 spiro atoms. The molecular weight excluding hydrogens is 470 g/mol. The summed E-state index contributed by atoms with van der Waals surface area (Å²) in [4.78, 5) is 39.8. The third kappa shape index (κ3) is 5.19. The fourth-order valence-electron chi connectivity index (χ4n) is 4.82. The average molecular weight is 504 g/mol. The first-order valence-electron chi connectivity index (χ1n) is 11.6. The number of allylic oxidation sites excluding steroid dienone is 3. The summed E-state index contributed by atoms with van der Waals surface area (Å²) in [6, 6.07) is 5.33. The molecule has 0 bridgehead atoms. The largest absolute Gasteiger partial charge is 0.493 e. The number of benzene rings is 1. The highest BCUT2D eigenvalue weighted by Gasteiger charge is 2.48. The molecule has 0 saturated heterocycles. The number of para-hydroxylation sites is 1. The molecule has 190 valence electrons. The number of rotatable bonds is 9. The molecule has 3 rings (SSSR count). The van der Waals surface area contributed by atoms with Crippen LogP contribution in [0.4, 0.5) is 0 Å². The number of hydrogen-bond acceptors (Lipinski definition) is 9. The molecule has 2 aliphatic rings. The van der Waals surface area contributed by atoms with Gasteiger partial charge in [0.25, 0.3) is 0 Å². The predicted molar refractivity (Wildman–Crippen MR) is 133 cm³/mol. The van der Waals surface area contributed by atoms with Gasteiger partial charge in [-0.3, -0.25) is 9.59 Å². The topological polar surface area (TPSA) is 100 Å². The van der Waals surface area contributed by atoms with Crippen LogP contribution in [-0.2, 0) is 23.9 Å². The van der Waals surface area contributed by atoms with Crippen molar-refractivity contribution in [3.63, 3.8) is 0 Å². The Morgan fingerprint density at radius 1 is 1.17 bits per heavy atom. The summed E-state index contributed by atoms with van der Waals surface area (Å²) in [5, 5.41) is 3.26. The molecule has 0 fully saturated rings. The molecule has 1 aliphatic heterocycles. The molecular formula is C26H33NO7S. The van der Waals surface area contributed by atoms with E-state index in [1.807, 2.05) is 13.8 Å². The summed E-state index contributed by atoms with van der Waals surface area (Å²) in [5.41, 5.74) is 2.53. The highest BCUT2D eigenvalue weighted by molar-refractivity contribution is 7.99. The maximum Gasteiger partial charge on any atom is 0.336 e. The van der Waals surface area contributed by atoms with Crippen LogP contribution in [0.1, 0.15) is 38.7 Å². The molecule has 0 amide bonds. The summed E-state index contributed by atoms with van der Waals surface area (Å²) in [7, 11) is 4.31. The number of thioether (sulfide) groups is 1. The molecule has 3 atom stereocenters. The molecule has 8 nitrogen and oxygen atoms in total. The molecule has 0 radical (unpaired) electrons. The number of Topliss-reactive ketones (excluding diaryl/α,β-unsaturated/α-hetero) is 1. The standard InChI is InChI=1S/C26H33NO7S/c1-7-35-12-11-34-26(30)20-15(3)27-17-13-14(2)19(25(29)33-6)23(28)22(17)21(20)16-9-8-10-18(31-4)24(16)32-5/h8-10,14,19,21,27H,7,11-13H2,1-6H3/t14-,19+,21+/m1/s1. The Labute approximate surface area is 210 Å². The van der Waals surface area contributed by atoms with Gasteiger partial charge in [-0.05, 0) is 31.1 Å². The lowest BCUT2D eigenvalue weighted by molar-refractivity contribution is -0.151. The van der Waals surface area contributed by atoms with E-state index in [9.17, 15) is 14.4 Å². The smallest absolute Gasteiger partial charge is 0.336 e. The van der Waals surface area contributed by atoms with Gasteiger partial charge in [0.2, 0.25) is 0 Å². The Balaban J connectivity index is 2.18. The van der Waals surface area contributed by atoms with Crippen LogP contribution in [0.2, 0.25) is 0 Å². The zero-order chi connectivity index (χ0) is 25.7. The van der Waals surface area contributed by atoms with Crippen molar-refractivity contribution in [3.8, 4) is 11.5 Å². The van der Waals surface area contributed by atoms with E-state index in [1.165, 1.54) is 21.3 Å². The van der Waals surface area contributed by atoms with Gasteiger partial charge >= 0.3 is 11.9 Å². The summed E-state index contributed by atoms with van der Waals surface area (Å²) in [5.74, 6) is -1.02. The number of hydrogen-bond donors (Lipinski definition) is 1. The van der Waals surface area contributed by atoms with Crippen LogP contribution in [0, 0.1) is 11.8 Å². The molecule has 35 heavy (non-hydrogen) atoms. The van der Waals surface area contributed by atoms with Gasteiger partial charge in [0.15, 0.2) is 17.3 Å². The number of carbonyl (C=O) groups is 3. The third-order valence-corrected chi connectivity index (χ3v) is 7.24. The number of esters is 2. The first kappa shape index (κ1) is 26.7. The van der Waals surface area contributed by atoms with Crippen LogP contribution >= 0.6 is 11.8 Å². The van der Waals surface area contributed by atoms with Crippen molar-refractivity contribution in [2.24, 2.45) is 11.8 Å². The quantitative estimate of drug-likeness (QED) is 0.308. The lowest BCUT2D eigenvalue weighted by Crippen LogP contribution is -2.43. The fourth-order valence-corrected chi connectivity index (χ4v) is 5.31. The number of ether oxygens (including phenoxy) is 4. The molecule has 1 aromatic rings. The van der Waals surface area contributed by atoms with E-state index in [0.717, 1.165) is 5.75 Å². The average Bonchev–Trinajstić information content (AvgIpc) is 2.84. The first-order chi connectivity index (χ1) is 16.8. The van der Waals surface area contributed by atoms with E-state index in [1.54, 1.807) is 36.9 Å². The SMILES string of the molecule is CCSCCOC(=O)C1=C(C)NC2=C(C(=O)[C@@H](C(=O)OC)[C@H](C)C2)[C@H]1c1cccc(OC)c1OC. The van der Waals surface area contributed by atoms with Gasteiger partial charge in [0.05, 0.1) is 32.8 Å². The molecule has 0 saturated carbocycles. The molecule has 9 heteroatoms. The minimum atomic E-state index is -0.962. The minimum absolute atomic E-state index is 0.248. The molecule has 1 N–H and O–H groups in total. The second-order valence-electron chi connectivity index (χ2n) is 8.45. The second kappa shape index (κ2) is 11.7. The summed E-state index contributed by atoms with van der Waals surface area (Å²) in [6.07, 6.45) is 0.455. The van der Waals surface area contributed by atoms with Crippen LogP contribution in [-0.4, -0.2) is 57.2 Å². The molecule has 1 aromatic carbocycles. The molecule has 0 aromatic heterocycles. The van der Waals surface area contributed by atoms with Crippen LogP contribution in [0.25, 0.3) is 0 Å². The van der Waals surface area contributed by atoms with Crippen molar-refractivity contribution in [2.75, 3.05) is 39.4 Å². The second-order valence-corrected chi connectivity index (χ2v) is 9.84. The lowest BCUT2D eigenvalue weighted by Gasteiger charge is -2.38. The number of ketones is 1. The summed E-state index contributed by atoms with van der Waals surface area (Å²) < 4.78 is 21.7. The van der Waals surface area contributed by atoms with Crippen molar-refractivity contribution in [1.82, 2.24) is 5.32 Å². The highest BCUT2D eigenvalue weighted by Crippen LogP contribution is 2.49. The van der Waals surface area contributed by atoms with Crippen LogP contribution < -0.4 is 14.8 Å². The van der Waals surface area contributed by atoms with E-state index in [0.29, 0.717) is 51.8 Å². The van der Waals surface area contributed by atoms with E-state index in [2.05, 4.69) is 5.32 Å². The van der Waals surface area contributed by atoms with Crippen molar-refractivity contribution < 1.29 is 33.3 Å². The normalized spacial score (nSPS) is 21.8. The van der Waals surface area contributed by atoms with Gasteiger partial charge < -0.3 is 24.3 Å². The number of carbonyl (C=O) groups excluding carboxylic acids is 3. The third-order valence-electron chi connectivity index (χ3n) is 6.37. The van der Waals surface area contributed by atoms with Crippen LogP contribution in [0.15, 0.2) is 40.7 Å². The Kier molecular flexibility index (Phi) is 8.88. The lowest BCUT2D eigenvalue weighted by atomic mass is 9.69. The van der Waals surface area contributed by atoms with Crippen molar-refractivity contribution in [1.29, 1.82) is 0 Å². The van der Waals surface area contributed by atoms with Crippen molar-refractivity contribution in [3.05, 3.63) is 46.3 Å². The van der Waals surface area contributed by atoms with E-state index in [4.69, 9.17) is 18.9 Å². The Morgan fingerprint density at radius 2 is 1.91 bits per heavy atom. The van der Waals surface area contributed by atoms with Gasteiger partial charge in [0.1, 0.15) is 12.5 Å². The monoisotopic (exact) mass is 503 g/mol. The Bertz CT molecular complexity index is 1060. The highest BCUT2D eigenvalue weighted by atomic mass is 32.2. The van der Waals surface area contributed by atoms with Crippen LogP contribution in [0.3, 0.4) is 0 Å². The molecule has 1 heterocycles. The van der Waals surface area contributed by atoms with Gasteiger partial charge in [-0.15, -0.1) is 0 Å². The zero-order valence-electron chi connectivity index (χ0n) is 21.1. The number of nitrogens with one attached hydrogen (secondary N) is 1. The fraction of sp³-hybridized carbons (Fsp3) is 0.500. The van der Waals surface area contributed by atoms with Gasteiger partial charge in [0, 0.05) is 28.3 Å². The predicted octanol–water partition coefficient (Wildman–Crippen LogP) is 3.61. The summed E-state index contributed by atoms with van der Waals surface area (Å²) in [6.45, 7) is 5.93. The molecule has 1 aliphatic carbocycles. The Hall–Kier alpha value is -2.94. The maximum atomic E-state index is 13.8.